The average molecular weight is 553 g/mol. The second kappa shape index (κ2) is 10.2. The summed E-state index contributed by atoms with van der Waals surface area (Å²) >= 11 is 0. The molecule has 2 rings (SSSR count). The third kappa shape index (κ3) is 6.76. The van der Waals surface area contributed by atoms with Gasteiger partial charge in [-0.1, -0.05) is 5.92 Å². The molecule has 2 heterocycles. The van der Waals surface area contributed by atoms with Crippen LogP contribution < -0.4 is 11.4 Å². The first kappa shape index (κ1) is 28.7. The highest BCUT2D eigenvalue weighted by atomic mass is 31.3. The number of hydrogen-bond donors (Lipinski definition) is 6. The normalized spacial score (nSPS) is 29.5. The number of aliphatic hydroxyl groups excluding tert-OH is 1. The number of ether oxygens (including phenoxy) is 1. The predicted octanol–water partition coefficient (Wildman–Crippen LogP) is -1.10. The number of phosphoric ester groups is 1. The minimum atomic E-state index is -5.83. The Morgan fingerprint density at radius 2 is 1.88 bits per heavy atom. The van der Waals surface area contributed by atoms with Gasteiger partial charge in [0.2, 0.25) is 5.67 Å². The van der Waals surface area contributed by atoms with Crippen LogP contribution >= 0.6 is 23.5 Å². The number of nitrogens with zero attached hydrogens (tertiary/aromatic N) is 2. The molecule has 0 saturated carbocycles. The molecule has 0 spiro atoms. The van der Waals surface area contributed by atoms with Gasteiger partial charge < -0.3 is 29.4 Å². The molecule has 4 unspecified atom stereocenters. The van der Waals surface area contributed by atoms with Crippen molar-refractivity contribution in [2.24, 2.45) is 5.92 Å². The number of hydrogen-bond acceptors (Lipinski definition) is 11. The number of H-pyrrole nitrogens is 1. The summed E-state index contributed by atoms with van der Waals surface area (Å²) in [5.41, 5.74) is -5.06. The number of nitrogens with one attached hydrogen (secondary N) is 1. The van der Waals surface area contributed by atoms with Crippen LogP contribution in [0.15, 0.2) is 15.9 Å². The van der Waals surface area contributed by atoms with E-state index in [0.29, 0.717) is 10.9 Å². The van der Waals surface area contributed by atoms with Gasteiger partial charge in [-0.15, -0.1) is 5.92 Å². The molecule has 1 aliphatic heterocycles. The van der Waals surface area contributed by atoms with E-state index in [1.807, 2.05) is 0 Å². The van der Waals surface area contributed by atoms with E-state index in [2.05, 4.69) is 30.0 Å². The fourth-order valence-electron chi connectivity index (χ4n) is 3.14. The SMILES string of the molecule is CC#CC1(F)C(CO)[C@@H]([C@@H](C)OP(=O)(O)OP(=O)(O)OP(=O)(O)O)O[C@H]1n1cnc(=O)[nH]c1=O. The lowest BCUT2D eigenvalue weighted by Gasteiger charge is -2.27. The van der Waals surface area contributed by atoms with Crippen LogP contribution in [0.5, 0.6) is 0 Å². The summed E-state index contributed by atoms with van der Waals surface area (Å²) in [5, 5.41) is 9.78. The molecule has 1 saturated heterocycles. The van der Waals surface area contributed by atoms with Gasteiger partial charge in [0.25, 0.3) is 0 Å². The van der Waals surface area contributed by atoms with Crippen LogP contribution in [0.3, 0.4) is 0 Å². The van der Waals surface area contributed by atoms with Crippen LogP contribution in [0.2, 0.25) is 0 Å². The van der Waals surface area contributed by atoms with Crippen LogP contribution in [0.25, 0.3) is 0 Å². The predicted molar refractivity (Wildman–Crippen MR) is 105 cm³/mol. The molecule has 192 valence electrons. The monoisotopic (exact) mass is 553 g/mol. The molecule has 0 aliphatic carbocycles. The number of alkyl halides is 1. The first-order chi connectivity index (χ1) is 15.4. The second-order valence-electron chi connectivity index (χ2n) is 6.67. The number of rotatable bonds is 9. The number of aromatic amines is 1. The smallest absolute Gasteiger partial charge is 0.396 e. The number of aromatic nitrogens is 3. The summed E-state index contributed by atoms with van der Waals surface area (Å²) < 4.78 is 68.0. The molecule has 1 fully saturated rings. The van der Waals surface area contributed by atoms with E-state index in [1.54, 1.807) is 4.98 Å². The summed E-state index contributed by atoms with van der Waals surface area (Å²) in [6.07, 6.45) is -4.73. The van der Waals surface area contributed by atoms with Gasteiger partial charge in [0.05, 0.1) is 24.7 Å². The Bertz CT molecular complexity index is 1230. The molecule has 1 aromatic rings. The zero-order valence-corrected chi connectivity index (χ0v) is 19.8. The van der Waals surface area contributed by atoms with Gasteiger partial charge >= 0.3 is 34.8 Å². The van der Waals surface area contributed by atoms with Crippen molar-refractivity contribution in [1.29, 1.82) is 0 Å². The lowest BCUT2D eigenvalue weighted by Crippen LogP contribution is -2.44. The summed E-state index contributed by atoms with van der Waals surface area (Å²) in [4.78, 5) is 64.5. The first-order valence-electron chi connectivity index (χ1n) is 8.83. The zero-order valence-electron chi connectivity index (χ0n) is 17.1. The summed E-state index contributed by atoms with van der Waals surface area (Å²) in [6.45, 7) is 1.20. The van der Waals surface area contributed by atoms with Crippen LogP contribution in [-0.2, 0) is 31.6 Å². The Kier molecular flexibility index (Phi) is 8.60. The first-order valence-corrected chi connectivity index (χ1v) is 13.4. The average Bonchev–Trinajstić information content (AvgIpc) is 2.90. The third-order valence-corrected chi connectivity index (χ3v) is 8.20. The largest absolute Gasteiger partial charge is 0.490 e. The van der Waals surface area contributed by atoms with Gasteiger partial charge in [-0.05, 0) is 13.8 Å². The van der Waals surface area contributed by atoms with Gasteiger partial charge in [0.15, 0.2) is 6.23 Å². The van der Waals surface area contributed by atoms with E-state index in [1.165, 1.54) is 6.92 Å². The van der Waals surface area contributed by atoms with Crippen molar-refractivity contribution >= 4 is 23.5 Å². The van der Waals surface area contributed by atoms with E-state index >= 15 is 4.39 Å². The summed E-state index contributed by atoms with van der Waals surface area (Å²) in [5.74, 6) is 2.72. The third-order valence-electron chi connectivity index (χ3n) is 4.27. The minimum absolute atomic E-state index is 0.506. The van der Waals surface area contributed by atoms with Crippen molar-refractivity contribution in [2.75, 3.05) is 6.61 Å². The van der Waals surface area contributed by atoms with E-state index in [9.17, 15) is 38.2 Å². The summed E-state index contributed by atoms with van der Waals surface area (Å²) in [6, 6.07) is 0. The molecule has 0 amide bonds. The van der Waals surface area contributed by atoms with Gasteiger partial charge in [0, 0.05) is 0 Å². The van der Waals surface area contributed by atoms with Crippen molar-refractivity contribution in [2.45, 2.75) is 38.0 Å². The second-order valence-corrected chi connectivity index (χ2v) is 11.0. The molecule has 34 heavy (non-hydrogen) atoms. The van der Waals surface area contributed by atoms with Crippen molar-refractivity contribution in [3.8, 4) is 11.8 Å². The maximum Gasteiger partial charge on any atom is 0.490 e. The number of aliphatic hydroxyl groups is 1. The van der Waals surface area contributed by atoms with Crippen molar-refractivity contribution < 1.29 is 60.6 Å². The topological polar surface area (TPSA) is 257 Å². The molecule has 1 aliphatic rings. The highest BCUT2D eigenvalue weighted by Crippen LogP contribution is 2.67. The van der Waals surface area contributed by atoms with E-state index in [4.69, 9.17) is 14.5 Å². The molecule has 17 nitrogen and oxygen atoms in total. The van der Waals surface area contributed by atoms with Gasteiger partial charge in [-0.2, -0.15) is 13.6 Å². The van der Waals surface area contributed by atoms with E-state index in [-0.39, 0.29) is 0 Å². The van der Waals surface area contributed by atoms with Crippen LogP contribution in [0.4, 0.5) is 4.39 Å². The lowest BCUT2D eigenvalue weighted by atomic mass is 9.85. The lowest BCUT2D eigenvalue weighted by molar-refractivity contribution is -0.0748. The molecule has 1 aromatic heterocycles. The van der Waals surface area contributed by atoms with Crippen molar-refractivity contribution in [3.05, 3.63) is 27.3 Å². The highest BCUT2D eigenvalue weighted by Gasteiger charge is 2.60. The van der Waals surface area contributed by atoms with Gasteiger partial charge in [-0.3, -0.25) is 14.1 Å². The van der Waals surface area contributed by atoms with E-state index in [0.717, 1.165) is 6.92 Å². The standard InChI is InChI=1S/C13H19FN3O14P3/c1-3-4-13(14)8(5-18)9(28-10(13)17-6-15-11(19)16-12(17)20)7(2)29-33(24,25)31-34(26,27)30-32(21,22)23/h6-10,18H,5H2,1-2H3,(H,24,25)(H,26,27)(H,16,19,20)(H2,21,22,23)/t7-,8?,9-,10-,13?/m1/s1. The van der Waals surface area contributed by atoms with Crippen LogP contribution in [-0.4, -0.2) is 63.7 Å². The molecule has 0 aromatic carbocycles. The van der Waals surface area contributed by atoms with E-state index < -0.39 is 71.5 Å². The molecule has 0 bridgehead atoms. The fourth-order valence-corrected chi connectivity index (χ4v) is 6.35. The van der Waals surface area contributed by atoms with Gasteiger partial charge in [0.1, 0.15) is 6.33 Å². The van der Waals surface area contributed by atoms with Gasteiger partial charge in [-0.25, -0.2) is 27.7 Å². The van der Waals surface area contributed by atoms with Crippen LogP contribution in [0.1, 0.15) is 20.1 Å². The highest BCUT2D eigenvalue weighted by molar-refractivity contribution is 7.66. The zero-order chi connectivity index (χ0) is 26.1. The Morgan fingerprint density at radius 3 is 2.38 bits per heavy atom. The Hall–Kier alpha value is -1.57. The Labute approximate surface area is 189 Å². The maximum absolute atomic E-state index is 16.0. The molecular formula is C13H19FN3O14P3. The number of phosphoric acid groups is 3. The molecule has 0 radical (unpaired) electrons. The molecule has 7 atom stereocenters. The fraction of sp³-hybridized carbons (Fsp3) is 0.615. The molecule has 6 N–H and O–H groups in total. The van der Waals surface area contributed by atoms with Crippen molar-refractivity contribution in [3.63, 3.8) is 0 Å². The van der Waals surface area contributed by atoms with Crippen LogP contribution in [0, 0.1) is 17.8 Å². The Morgan fingerprint density at radius 1 is 1.26 bits per heavy atom. The Balaban J connectivity index is 2.38. The minimum Gasteiger partial charge on any atom is -0.396 e. The molecule has 21 heteroatoms. The summed E-state index contributed by atoms with van der Waals surface area (Å²) in [7, 11) is -17.1. The molecular weight excluding hydrogens is 534 g/mol. The number of halogens is 1. The van der Waals surface area contributed by atoms with Crippen molar-refractivity contribution in [1.82, 2.24) is 14.5 Å². The maximum atomic E-state index is 16.0. The quantitative estimate of drug-likeness (QED) is 0.157.